The van der Waals surface area contributed by atoms with Crippen LogP contribution >= 0.6 is 0 Å². The Hall–Kier alpha value is -4.05. The molecule has 2 atom stereocenters. The smallest absolute Gasteiger partial charge is 0.224 e. The molecule has 0 spiro atoms. The number of aromatic nitrogens is 4. The summed E-state index contributed by atoms with van der Waals surface area (Å²) in [5.74, 6) is 0.579. The van der Waals surface area contributed by atoms with Gasteiger partial charge < -0.3 is 15.0 Å². The molecule has 2 N–H and O–H groups in total. The number of allylic oxidation sites excluding steroid dienone is 5. The van der Waals surface area contributed by atoms with Crippen molar-refractivity contribution in [1.82, 2.24) is 19.3 Å². The number of benzene rings is 1. The minimum atomic E-state index is -0.287. The molecular formula is C26H24N6O. The second-order valence-electron chi connectivity index (χ2n) is 8.80. The zero-order valence-electron chi connectivity index (χ0n) is 18.1. The summed E-state index contributed by atoms with van der Waals surface area (Å²) in [6.07, 6.45) is 15.7. The molecule has 164 valence electrons. The highest BCUT2D eigenvalue weighted by molar-refractivity contribution is 5.58. The van der Waals surface area contributed by atoms with E-state index in [1.54, 1.807) is 6.20 Å². The van der Waals surface area contributed by atoms with Crippen LogP contribution in [0.4, 0.5) is 0 Å². The third-order valence-electron chi connectivity index (χ3n) is 6.60. The molecule has 1 aromatic carbocycles. The highest BCUT2D eigenvalue weighted by Gasteiger charge is 2.40. The van der Waals surface area contributed by atoms with E-state index < -0.39 is 0 Å². The third kappa shape index (κ3) is 3.44. The van der Waals surface area contributed by atoms with Gasteiger partial charge >= 0.3 is 0 Å². The van der Waals surface area contributed by atoms with Crippen molar-refractivity contribution in [3.63, 3.8) is 0 Å². The number of ether oxygens (including phenoxy) is 1. The van der Waals surface area contributed by atoms with Crippen molar-refractivity contribution < 1.29 is 4.74 Å². The number of nitrogens with zero attached hydrogens (tertiary/aromatic N) is 5. The predicted octanol–water partition coefficient (Wildman–Crippen LogP) is 4.30. The van der Waals surface area contributed by atoms with Gasteiger partial charge in [0.25, 0.3) is 0 Å². The molecule has 0 saturated heterocycles. The fourth-order valence-corrected chi connectivity index (χ4v) is 4.78. The van der Waals surface area contributed by atoms with Gasteiger partial charge in [-0.25, -0.2) is 9.67 Å². The topological polar surface area (TPSA) is 94.7 Å². The molecule has 2 aromatic heterocycles. The van der Waals surface area contributed by atoms with Gasteiger partial charge in [-0.15, -0.1) is 0 Å². The second kappa shape index (κ2) is 7.82. The average Bonchev–Trinajstić information content (AvgIpc) is 3.42. The fraction of sp³-hybridized carbons (Fsp3) is 0.269. The molecule has 1 fully saturated rings. The van der Waals surface area contributed by atoms with Crippen molar-refractivity contribution in [2.75, 3.05) is 0 Å². The van der Waals surface area contributed by atoms with Gasteiger partial charge in [0, 0.05) is 18.8 Å². The highest BCUT2D eigenvalue weighted by atomic mass is 16.5. The Balaban J connectivity index is 1.44. The quantitative estimate of drug-likeness (QED) is 0.643. The second-order valence-corrected chi connectivity index (χ2v) is 8.80. The third-order valence-corrected chi connectivity index (χ3v) is 6.60. The van der Waals surface area contributed by atoms with Crippen molar-refractivity contribution in [2.24, 2.45) is 5.73 Å². The van der Waals surface area contributed by atoms with E-state index in [2.05, 4.69) is 46.0 Å². The molecule has 33 heavy (non-hydrogen) atoms. The summed E-state index contributed by atoms with van der Waals surface area (Å²) in [5.41, 5.74) is 10.9. The molecule has 1 aliphatic heterocycles. The lowest BCUT2D eigenvalue weighted by molar-refractivity contribution is 0.347. The van der Waals surface area contributed by atoms with Crippen LogP contribution < -0.4 is 10.5 Å². The Labute approximate surface area is 192 Å². The molecule has 0 amide bonds. The summed E-state index contributed by atoms with van der Waals surface area (Å²) in [6, 6.07) is 13.2. The van der Waals surface area contributed by atoms with Crippen molar-refractivity contribution in [1.29, 1.82) is 5.26 Å². The minimum Gasteiger partial charge on any atom is -0.422 e. The first kappa shape index (κ1) is 19.6. The van der Waals surface area contributed by atoms with Crippen molar-refractivity contribution in [3.8, 4) is 11.9 Å². The van der Waals surface area contributed by atoms with E-state index in [-0.39, 0.29) is 17.8 Å². The van der Waals surface area contributed by atoms with Gasteiger partial charge in [-0.1, -0.05) is 48.6 Å². The molecule has 1 saturated carbocycles. The van der Waals surface area contributed by atoms with E-state index in [0.717, 1.165) is 36.1 Å². The maximum Gasteiger partial charge on any atom is 0.224 e. The van der Waals surface area contributed by atoms with Gasteiger partial charge in [0.15, 0.2) is 0 Å². The lowest BCUT2D eigenvalue weighted by Gasteiger charge is -2.28. The van der Waals surface area contributed by atoms with Gasteiger partial charge in [0.1, 0.15) is 11.6 Å². The molecule has 3 aromatic rings. The first-order valence-electron chi connectivity index (χ1n) is 11.3. The first-order chi connectivity index (χ1) is 16.2. The van der Waals surface area contributed by atoms with Gasteiger partial charge in [0.2, 0.25) is 11.8 Å². The number of imidazole rings is 1. The van der Waals surface area contributed by atoms with E-state index in [4.69, 9.17) is 15.6 Å². The summed E-state index contributed by atoms with van der Waals surface area (Å²) in [5, 5.41) is 15.0. The first-order valence-corrected chi connectivity index (χ1v) is 11.3. The van der Waals surface area contributed by atoms with Gasteiger partial charge in [0.05, 0.1) is 35.6 Å². The molecule has 7 heteroatoms. The average molecular weight is 437 g/mol. The molecule has 2 aliphatic carbocycles. The predicted molar refractivity (Wildman–Crippen MR) is 123 cm³/mol. The van der Waals surface area contributed by atoms with E-state index in [1.807, 2.05) is 35.4 Å². The Morgan fingerprint density at radius 3 is 2.73 bits per heavy atom. The molecule has 3 heterocycles. The van der Waals surface area contributed by atoms with E-state index in [0.29, 0.717) is 23.9 Å². The Kier molecular flexibility index (Phi) is 4.65. The lowest BCUT2D eigenvalue weighted by Crippen LogP contribution is -2.23. The van der Waals surface area contributed by atoms with Crippen LogP contribution in [-0.4, -0.2) is 19.3 Å². The monoisotopic (exact) mass is 436 g/mol. The van der Waals surface area contributed by atoms with Crippen LogP contribution in [0.3, 0.4) is 0 Å². The summed E-state index contributed by atoms with van der Waals surface area (Å²) in [4.78, 5) is 4.16. The van der Waals surface area contributed by atoms with Gasteiger partial charge in [-0.3, -0.25) is 0 Å². The van der Waals surface area contributed by atoms with Crippen LogP contribution in [0.5, 0.6) is 5.88 Å². The number of hydrogen-bond donors (Lipinski definition) is 1. The summed E-state index contributed by atoms with van der Waals surface area (Å²) < 4.78 is 10.1. The van der Waals surface area contributed by atoms with Gasteiger partial charge in [-0.2, -0.15) is 10.4 Å². The molecular weight excluding hydrogens is 412 g/mol. The summed E-state index contributed by atoms with van der Waals surface area (Å²) in [7, 11) is 0. The molecule has 7 nitrogen and oxygen atoms in total. The number of nitrogens with two attached hydrogens (primary N) is 1. The number of fused-ring (bicyclic) bond motifs is 1. The van der Waals surface area contributed by atoms with Crippen LogP contribution in [0.2, 0.25) is 0 Å². The van der Waals surface area contributed by atoms with E-state index in [1.165, 1.54) is 5.56 Å². The molecule has 0 bridgehead atoms. The number of rotatable bonds is 5. The maximum atomic E-state index is 10.0. The van der Waals surface area contributed by atoms with E-state index in [9.17, 15) is 5.26 Å². The van der Waals surface area contributed by atoms with Crippen LogP contribution in [0.25, 0.3) is 0 Å². The molecule has 2 unspecified atom stereocenters. The normalized spacial score (nSPS) is 21.8. The molecule has 0 radical (unpaired) electrons. The van der Waals surface area contributed by atoms with Crippen molar-refractivity contribution >= 4 is 0 Å². The summed E-state index contributed by atoms with van der Waals surface area (Å²) in [6.45, 7) is 0. The van der Waals surface area contributed by atoms with Crippen LogP contribution in [-0.2, 0) is 6.42 Å². The molecule has 6 rings (SSSR count). The van der Waals surface area contributed by atoms with Crippen LogP contribution in [0, 0.1) is 11.3 Å². The zero-order valence-corrected chi connectivity index (χ0v) is 18.1. The summed E-state index contributed by atoms with van der Waals surface area (Å²) >= 11 is 0. The highest BCUT2D eigenvalue weighted by Crippen LogP contribution is 2.49. The van der Waals surface area contributed by atoms with E-state index >= 15 is 0 Å². The zero-order chi connectivity index (χ0) is 22.4. The van der Waals surface area contributed by atoms with Crippen molar-refractivity contribution in [2.45, 2.75) is 43.7 Å². The standard InChI is InChI=1S/C26H24N6O/c27-15-21-23(18-6-8-19(9-7-18)31-13-12-29-16-31)24-22(14-17-4-2-1-3-5-17)30-32(20-10-11-20)26(24)33-25(21)28/h1-8,12-13,16,19-20,23H,9-11,14,28H2. The van der Waals surface area contributed by atoms with Crippen LogP contribution in [0.15, 0.2) is 84.3 Å². The molecule has 3 aliphatic rings. The lowest BCUT2D eigenvalue weighted by atomic mass is 9.80. The Bertz CT molecular complexity index is 1320. The Morgan fingerprint density at radius 2 is 2.06 bits per heavy atom. The van der Waals surface area contributed by atoms with Crippen molar-refractivity contribution in [3.05, 3.63) is 101 Å². The minimum absolute atomic E-state index is 0.175. The number of nitriles is 1. The fourth-order valence-electron chi connectivity index (χ4n) is 4.78. The SMILES string of the molecule is N#CC1=C(N)Oc2c(c(Cc3ccccc3)nn2C2CC2)C1C1=CCC(n2ccnc2)C=C1. The van der Waals surface area contributed by atoms with Gasteiger partial charge in [-0.05, 0) is 30.4 Å². The van der Waals surface area contributed by atoms with Crippen LogP contribution in [0.1, 0.15) is 54.1 Å². The largest absolute Gasteiger partial charge is 0.422 e. The Morgan fingerprint density at radius 1 is 1.21 bits per heavy atom. The maximum absolute atomic E-state index is 10.0. The number of hydrogen-bond acceptors (Lipinski definition) is 5.